The van der Waals surface area contributed by atoms with Crippen LogP contribution in [0.4, 0.5) is 18.9 Å². The second kappa shape index (κ2) is 7.24. The molecule has 0 N–H and O–H groups in total. The van der Waals surface area contributed by atoms with E-state index in [4.69, 9.17) is 16.3 Å². The summed E-state index contributed by atoms with van der Waals surface area (Å²) in [5.41, 5.74) is 0.505. The molecule has 2 saturated heterocycles. The van der Waals surface area contributed by atoms with E-state index in [0.29, 0.717) is 25.2 Å². The lowest BCUT2D eigenvalue weighted by Gasteiger charge is -2.35. The van der Waals surface area contributed by atoms with E-state index in [2.05, 4.69) is 9.80 Å². The molecule has 2 aliphatic heterocycles. The lowest BCUT2D eigenvalue weighted by molar-refractivity contribution is -0.137. The van der Waals surface area contributed by atoms with Gasteiger partial charge < -0.3 is 9.64 Å². The number of alkyl halides is 3. The standard InChI is InChI=1S/C20H20ClF3N2O/c21-15-4-6-16(7-5-15)26-13-17-11-18(26)12-25(17)8-9-27-19-3-1-2-14(10-19)20(22,23)24/h1-7,10,17-18H,8-9,11-13H2/t17?,18-/m0/s1. The third-order valence-corrected chi connectivity index (χ3v) is 5.57. The van der Waals surface area contributed by atoms with Crippen LogP contribution in [-0.2, 0) is 6.18 Å². The number of benzene rings is 2. The molecule has 27 heavy (non-hydrogen) atoms. The Morgan fingerprint density at radius 3 is 2.48 bits per heavy atom. The van der Waals surface area contributed by atoms with E-state index in [9.17, 15) is 13.2 Å². The molecule has 0 aliphatic carbocycles. The second-order valence-electron chi connectivity index (χ2n) is 7.04. The van der Waals surface area contributed by atoms with Crippen LogP contribution >= 0.6 is 11.6 Å². The molecule has 2 aliphatic rings. The van der Waals surface area contributed by atoms with Crippen molar-refractivity contribution in [3.8, 4) is 5.75 Å². The highest BCUT2D eigenvalue weighted by Gasteiger charge is 2.42. The van der Waals surface area contributed by atoms with Crippen LogP contribution in [0, 0.1) is 0 Å². The normalized spacial score (nSPS) is 22.4. The molecule has 2 aromatic rings. The van der Waals surface area contributed by atoms with Crippen LogP contribution in [0.5, 0.6) is 5.75 Å². The molecule has 0 saturated carbocycles. The Labute approximate surface area is 161 Å². The number of hydrogen-bond donors (Lipinski definition) is 0. The highest BCUT2D eigenvalue weighted by Crippen LogP contribution is 2.35. The number of nitrogens with zero attached hydrogens (tertiary/aromatic N) is 2. The van der Waals surface area contributed by atoms with Gasteiger partial charge in [-0.15, -0.1) is 0 Å². The molecule has 144 valence electrons. The van der Waals surface area contributed by atoms with Gasteiger partial charge in [0.15, 0.2) is 0 Å². The summed E-state index contributed by atoms with van der Waals surface area (Å²) < 4.78 is 43.8. The molecule has 2 fully saturated rings. The van der Waals surface area contributed by atoms with E-state index in [-0.39, 0.29) is 5.75 Å². The number of ether oxygens (including phenoxy) is 1. The van der Waals surface area contributed by atoms with Gasteiger partial charge in [-0.3, -0.25) is 4.90 Å². The summed E-state index contributed by atoms with van der Waals surface area (Å²) >= 11 is 5.96. The fourth-order valence-corrected chi connectivity index (χ4v) is 4.14. The topological polar surface area (TPSA) is 15.7 Å². The van der Waals surface area contributed by atoms with Crippen LogP contribution in [-0.4, -0.2) is 43.2 Å². The van der Waals surface area contributed by atoms with E-state index >= 15 is 0 Å². The zero-order valence-corrected chi connectivity index (χ0v) is 15.4. The average Bonchev–Trinajstić information content (AvgIpc) is 3.22. The van der Waals surface area contributed by atoms with Crippen LogP contribution in [0.25, 0.3) is 0 Å². The molecule has 4 rings (SSSR count). The lowest BCUT2D eigenvalue weighted by Crippen LogP contribution is -2.47. The van der Waals surface area contributed by atoms with E-state index in [1.807, 2.05) is 24.3 Å². The Hall–Kier alpha value is -1.92. The van der Waals surface area contributed by atoms with E-state index in [1.165, 1.54) is 11.8 Å². The molecule has 3 nitrogen and oxygen atoms in total. The summed E-state index contributed by atoms with van der Waals surface area (Å²) in [6.45, 7) is 2.99. The Balaban J connectivity index is 1.29. The van der Waals surface area contributed by atoms with Crippen LogP contribution in [0.2, 0.25) is 5.02 Å². The largest absolute Gasteiger partial charge is 0.492 e. The molecule has 0 amide bonds. The minimum Gasteiger partial charge on any atom is -0.492 e. The van der Waals surface area contributed by atoms with Gasteiger partial charge in [0.1, 0.15) is 12.4 Å². The minimum atomic E-state index is -4.35. The number of hydrogen-bond acceptors (Lipinski definition) is 3. The van der Waals surface area contributed by atoms with Gasteiger partial charge in [0, 0.05) is 42.4 Å². The van der Waals surface area contributed by atoms with Crippen molar-refractivity contribution >= 4 is 17.3 Å². The first-order valence-electron chi connectivity index (χ1n) is 8.96. The van der Waals surface area contributed by atoms with Gasteiger partial charge in [-0.2, -0.15) is 13.2 Å². The lowest BCUT2D eigenvalue weighted by atomic mass is 10.2. The molecule has 1 unspecified atom stereocenters. The van der Waals surface area contributed by atoms with E-state index in [1.54, 1.807) is 6.07 Å². The third kappa shape index (κ3) is 4.01. The quantitative estimate of drug-likeness (QED) is 0.728. The summed E-state index contributed by atoms with van der Waals surface area (Å²) in [7, 11) is 0. The number of anilines is 1. The predicted molar refractivity (Wildman–Crippen MR) is 99.5 cm³/mol. The van der Waals surface area contributed by atoms with Crippen molar-refractivity contribution in [2.24, 2.45) is 0 Å². The Morgan fingerprint density at radius 1 is 1.04 bits per heavy atom. The summed E-state index contributed by atoms with van der Waals surface area (Å²) in [5.74, 6) is 0.261. The molecular weight excluding hydrogens is 377 g/mol. The monoisotopic (exact) mass is 396 g/mol. The van der Waals surface area contributed by atoms with Gasteiger partial charge in [-0.1, -0.05) is 17.7 Å². The van der Waals surface area contributed by atoms with Gasteiger partial charge in [0.05, 0.1) is 5.56 Å². The predicted octanol–water partition coefficient (Wildman–Crippen LogP) is 4.70. The molecule has 2 heterocycles. The molecule has 2 bridgehead atoms. The first-order chi connectivity index (χ1) is 12.9. The van der Waals surface area contributed by atoms with Crippen LogP contribution < -0.4 is 9.64 Å². The Kier molecular flexibility index (Phi) is 4.95. The summed E-state index contributed by atoms with van der Waals surface area (Å²) in [5, 5.41) is 0.733. The fourth-order valence-electron chi connectivity index (χ4n) is 4.01. The molecule has 2 atom stereocenters. The summed E-state index contributed by atoms with van der Waals surface area (Å²) in [6.07, 6.45) is -3.25. The zero-order chi connectivity index (χ0) is 19.0. The van der Waals surface area contributed by atoms with Crippen LogP contribution in [0.15, 0.2) is 48.5 Å². The highest BCUT2D eigenvalue weighted by atomic mass is 35.5. The number of rotatable bonds is 5. The Bertz CT molecular complexity index is 797. The van der Waals surface area contributed by atoms with Crippen molar-refractivity contribution in [2.45, 2.75) is 24.7 Å². The number of likely N-dealkylation sites (tertiary alicyclic amines) is 1. The summed E-state index contributed by atoms with van der Waals surface area (Å²) in [4.78, 5) is 4.77. The van der Waals surface area contributed by atoms with Gasteiger partial charge in [-0.25, -0.2) is 0 Å². The molecule has 7 heteroatoms. The van der Waals surface area contributed by atoms with E-state index in [0.717, 1.165) is 36.7 Å². The third-order valence-electron chi connectivity index (χ3n) is 5.32. The fraction of sp³-hybridized carbons (Fsp3) is 0.400. The van der Waals surface area contributed by atoms with Gasteiger partial charge >= 0.3 is 6.18 Å². The van der Waals surface area contributed by atoms with Gasteiger partial charge in [0.25, 0.3) is 0 Å². The number of halogens is 4. The van der Waals surface area contributed by atoms with Crippen molar-refractivity contribution in [2.75, 3.05) is 31.1 Å². The zero-order valence-electron chi connectivity index (χ0n) is 14.6. The van der Waals surface area contributed by atoms with Crippen molar-refractivity contribution in [3.05, 3.63) is 59.1 Å². The van der Waals surface area contributed by atoms with E-state index < -0.39 is 11.7 Å². The maximum Gasteiger partial charge on any atom is 0.416 e. The molecule has 0 radical (unpaired) electrons. The van der Waals surface area contributed by atoms with Crippen molar-refractivity contribution in [3.63, 3.8) is 0 Å². The second-order valence-corrected chi connectivity index (χ2v) is 7.48. The number of piperazine rings is 1. The number of fused-ring (bicyclic) bond motifs is 2. The molecular formula is C20H20ClF3N2O. The van der Waals surface area contributed by atoms with Crippen molar-refractivity contribution in [1.29, 1.82) is 0 Å². The van der Waals surface area contributed by atoms with Crippen LogP contribution in [0.3, 0.4) is 0 Å². The Morgan fingerprint density at radius 2 is 1.81 bits per heavy atom. The smallest absolute Gasteiger partial charge is 0.416 e. The first-order valence-corrected chi connectivity index (χ1v) is 9.34. The van der Waals surface area contributed by atoms with Gasteiger partial charge in [-0.05, 0) is 48.9 Å². The minimum absolute atomic E-state index is 0.261. The average molecular weight is 397 g/mol. The van der Waals surface area contributed by atoms with Gasteiger partial charge in [0.2, 0.25) is 0 Å². The van der Waals surface area contributed by atoms with Crippen molar-refractivity contribution < 1.29 is 17.9 Å². The first kappa shape index (κ1) is 18.4. The molecule has 0 spiro atoms. The molecule has 0 aromatic heterocycles. The SMILES string of the molecule is FC(F)(F)c1cccc(OCCN2C[C@@H]3CC2CN3c2ccc(Cl)cc2)c1. The highest BCUT2D eigenvalue weighted by molar-refractivity contribution is 6.30. The van der Waals surface area contributed by atoms with Crippen LogP contribution in [0.1, 0.15) is 12.0 Å². The maximum atomic E-state index is 12.8. The molecule has 2 aromatic carbocycles. The summed E-state index contributed by atoms with van der Waals surface area (Å²) in [6, 6.07) is 13.9. The van der Waals surface area contributed by atoms with Crippen molar-refractivity contribution in [1.82, 2.24) is 4.90 Å². The maximum absolute atomic E-state index is 12.8.